The number of hydrogen-bond donors (Lipinski definition) is 1. The number of nitrogens with one attached hydrogen (secondary N) is 1. The van der Waals surface area contributed by atoms with E-state index in [-0.39, 0.29) is 0 Å². The van der Waals surface area contributed by atoms with Crippen LogP contribution >= 0.6 is 0 Å². The monoisotopic (exact) mass is 205 g/mol. The number of methoxy groups -OCH3 is 1. The van der Waals surface area contributed by atoms with Gasteiger partial charge >= 0.3 is 0 Å². The van der Waals surface area contributed by atoms with Crippen molar-refractivity contribution in [1.82, 2.24) is 0 Å². The van der Waals surface area contributed by atoms with Gasteiger partial charge in [-0.3, -0.25) is 0 Å². The largest absolute Gasteiger partial charge is 0.497 e. The summed E-state index contributed by atoms with van der Waals surface area (Å²) in [4.78, 5) is 0. The van der Waals surface area contributed by atoms with E-state index >= 15 is 0 Å². The third-order valence-electron chi connectivity index (χ3n) is 3.18. The molecule has 15 heavy (non-hydrogen) atoms. The fourth-order valence-electron chi connectivity index (χ4n) is 2.13. The Balaban J connectivity index is 2.21. The van der Waals surface area contributed by atoms with Crippen LogP contribution in [0.1, 0.15) is 25.8 Å². The van der Waals surface area contributed by atoms with Gasteiger partial charge in [-0.1, -0.05) is 13.8 Å². The highest BCUT2D eigenvalue weighted by Crippen LogP contribution is 2.30. The first-order valence-electron chi connectivity index (χ1n) is 5.64. The summed E-state index contributed by atoms with van der Waals surface area (Å²) < 4.78 is 5.23. The zero-order valence-corrected chi connectivity index (χ0v) is 9.71. The van der Waals surface area contributed by atoms with Crippen molar-refractivity contribution < 1.29 is 4.74 Å². The highest BCUT2D eigenvalue weighted by molar-refractivity contribution is 5.56. The molecule has 1 atom stereocenters. The minimum absolute atomic E-state index is 0.617. The van der Waals surface area contributed by atoms with E-state index in [0.29, 0.717) is 12.0 Å². The molecule has 1 aliphatic rings. The summed E-state index contributed by atoms with van der Waals surface area (Å²) in [5, 5.41) is 3.59. The molecular weight excluding hydrogens is 186 g/mol. The molecule has 0 bridgehead atoms. The number of rotatable bonds is 2. The number of fused-ring (bicyclic) bond motifs is 1. The lowest BCUT2D eigenvalue weighted by molar-refractivity contribution is 0.413. The Labute approximate surface area is 91.6 Å². The lowest BCUT2D eigenvalue weighted by Gasteiger charge is -2.30. The van der Waals surface area contributed by atoms with Crippen LogP contribution in [0.4, 0.5) is 5.69 Å². The molecule has 2 heteroatoms. The van der Waals surface area contributed by atoms with Crippen LogP contribution in [0, 0.1) is 5.92 Å². The van der Waals surface area contributed by atoms with E-state index in [1.165, 1.54) is 17.7 Å². The van der Waals surface area contributed by atoms with Crippen molar-refractivity contribution >= 4 is 5.69 Å². The molecular formula is C13H19NO. The SMILES string of the molecule is COc1ccc2c(c1)CCC(C(C)C)N2. The van der Waals surface area contributed by atoms with Crippen LogP contribution in [-0.2, 0) is 6.42 Å². The van der Waals surface area contributed by atoms with E-state index in [4.69, 9.17) is 4.74 Å². The van der Waals surface area contributed by atoms with Gasteiger partial charge in [0.05, 0.1) is 7.11 Å². The quantitative estimate of drug-likeness (QED) is 0.801. The van der Waals surface area contributed by atoms with Crippen LogP contribution in [0.2, 0.25) is 0 Å². The lowest BCUT2D eigenvalue weighted by Crippen LogP contribution is -2.30. The van der Waals surface area contributed by atoms with Crippen LogP contribution in [0.3, 0.4) is 0 Å². The van der Waals surface area contributed by atoms with Crippen LogP contribution in [0.15, 0.2) is 18.2 Å². The molecule has 1 aliphatic heterocycles. The predicted octanol–water partition coefficient (Wildman–Crippen LogP) is 3.08. The highest BCUT2D eigenvalue weighted by Gasteiger charge is 2.20. The molecule has 1 heterocycles. The summed E-state index contributed by atoms with van der Waals surface area (Å²) in [6.07, 6.45) is 2.38. The van der Waals surface area contributed by atoms with Gasteiger partial charge in [0.1, 0.15) is 5.75 Å². The van der Waals surface area contributed by atoms with E-state index in [9.17, 15) is 0 Å². The summed E-state index contributed by atoms with van der Waals surface area (Å²) >= 11 is 0. The number of anilines is 1. The molecule has 1 aromatic rings. The maximum atomic E-state index is 5.23. The molecule has 1 N–H and O–H groups in total. The maximum absolute atomic E-state index is 5.23. The fourth-order valence-corrected chi connectivity index (χ4v) is 2.13. The van der Waals surface area contributed by atoms with Gasteiger partial charge in [0, 0.05) is 11.7 Å². The van der Waals surface area contributed by atoms with E-state index in [0.717, 1.165) is 12.2 Å². The zero-order chi connectivity index (χ0) is 10.8. The normalized spacial score (nSPS) is 19.6. The summed E-state index contributed by atoms with van der Waals surface area (Å²) in [5.41, 5.74) is 2.66. The number of aryl methyl sites for hydroxylation is 1. The van der Waals surface area contributed by atoms with Gasteiger partial charge in [-0.25, -0.2) is 0 Å². The van der Waals surface area contributed by atoms with Crippen LogP contribution < -0.4 is 10.1 Å². The van der Waals surface area contributed by atoms with E-state index < -0.39 is 0 Å². The zero-order valence-electron chi connectivity index (χ0n) is 9.71. The van der Waals surface area contributed by atoms with Crippen LogP contribution in [-0.4, -0.2) is 13.2 Å². The molecule has 0 aliphatic carbocycles. The van der Waals surface area contributed by atoms with E-state index in [1.54, 1.807) is 7.11 Å². The first-order valence-corrected chi connectivity index (χ1v) is 5.64. The minimum atomic E-state index is 0.617. The summed E-state index contributed by atoms with van der Waals surface area (Å²) in [6, 6.07) is 6.90. The summed E-state index contributed by atoms with van der Waals surface area (Å²) in [7, 11) is 1.72. The molecule has 1 unspecified atom stereocenters. The van der Waals surface area contributed by atoms with Crippen LogP contribution in [0.5, 0.6) is 5.75 Å². The first kappa shape index (κ1) is 10.3. The fraction of sp³-hybridized carbons (Fsp3) is 0.538. The third kappa shape index (κ3) is 2.09. The Bertz CT molecular complexity index is 346. The van der Waals surface area contributed by atoms with Crippen molar-refractivity contribution in [3.63, 3.8) is 0 Å². The average Bonchev–Trinajstić information content (AvgIpc) is 2.27. The van der Waals surface area contributed by atoms with Crippen molar-refractivity contribution in [3.05, 3.63) is 23.8 Å². The van der Waals surface area contributed by atoms with Crippen molar-refractivity contribution in [2.75, 3.05) is 12.4 Å². The highest BCUT2D eigenvalue weighted by atomic mass is 16.5. The van der Waals surface area contributed by atoms with Crippen molar-refractivity contribution in [2.45, 2.75) is 32.7 Å². The van der Waals surface area contributed by atoms with E-state index in [1.807, 2.05) is 6.07 Å². The Morgan fingerprint density at radius 2 is 2.20 bits per heavy atom. The number of benzene rings is 1. The predicted molar refractivity (Wildman–Crippen MR) is 63.6 cm³/mol. The summed E-state index contributed by atoms with van der Waals surface area (Å²) in [6.45, 7) is 4.54. The minimum Gasteiger partial charge on any atom is -0.497 e. The van der Waals surface area contributed by atoms with Gasteiger partial charge in [-0.15, -0.1) is 0 Å². The Morgan fingerprint density at radius 3 is 2.87 bits per heavy atom. The van der Waals surface area contributed by atoms with Crippen molar-refractivity contribution in [1.29, 1.82) is 0 Å². The molecule has 82 valence electrons. The second-order valence-corrected chi connectivity index (χ2v) is 4.56. The standard InChI is InChI=1S/C13H19NO/c1-9(2)12-6-4-10-8-11(15-3)5-7-13(10)14-12/h5,7-9,12,14H,4,6H2,1-3H3. The third-order valence-corrected chi connectivity index (χ3v) is 3.18. The van der Waals surface area contributed by atoms with Gasteiger partial charge < -0.3 is 10.1 Å². The van der Waals surface area contributed by atoms with Gasteiger partial charge in [0.15, 0.2) is 0 Å². The van der Waals surface area contributed by atoms with Gasteiger partial charge in [0.2, 0.25) is 0 Å². The Hall–Kier alpha value is -1.18. The molecule has 2 rings (SSSR count). The first-order chi connectivity index (χ1) is 7.20. The Morgan fingerprint density at radius 1 is 1.40 bits per heavy atom. The smallest absolute Gasteiger partial charge is 0.119 e. The molecule has 0 spiro atoms. The van der Waals surface area contributed by atoms with Crippen molar-refractivity contribution in [3.8, 4) is 5.75 Å². The van der Waals surface area contributed by atoms with Crippen molar-refractivity contribution in [2.24, 2.45) is 5.92 Å². The topological polar surface area (TPSA) is 21.3 Å². The average molecular weight is 205 g/mol. The van der Waals surface area contributed by atoms with Gasteiger partial charge in [0.25, 0.3) is 0 Å². The molecule has 0 saturated carbocycles. The molecule has 2 nitrogen and oxygen atoms in total. The number of ether oxygens (including phenoxy) is 1. The van der Waals surface area contributed by atoms with E-state index in [2.05, 4.69) is 31.3 Å². The molecule has 0 radical (unpaired) electrons. The molecule has 0 aromatic heterocycles. The van der Waals surface area contributed by atoms with Gasteiger partial charge in [-0.05, 0) is 42.5 Å². The maximum Gasteiger partial charge on any atom is 0.119 e. The molecule has 1 aromatic carbocycles. The molecule has 0 fully saturated rings. The molecule has 0 amide bonds. The van der Waals surface area contributed by atoms with Crippen LogP contribution in [0.25, 0.3) is 0 Å². The second kappa shape index (κ2) is 4.13. The second-order valence-electron chi connectivity index (χ2n) is 4.56. The Kier molecular flexibility index (Phi) is 2.85. The number of hydrogen-bond acceptors (Lipinski definition) is 2. The summed E-state index contributed by atoms with van der Waals surface area (Å²) in [5.74, 6) is 1.65. The molecule has 0 saturated heterocycles. The van der Waals surface area contributed by atoms with Gasteiger partial charge in [-0.2, -0.15) is 0 Å². The lowest BCUT2D eigenvalue weighted by atomic mass is 9.91.